The first-order valence-electron chi connectivity index (χ1n) is 13.4. The van der Waals surface area contributed by atoms with Crippen molar-refractivity contribution in [2.45, 2.75) is 37.2 Å². The molecule has 0 unspecified atom stereocenters. The molecule has 52 heavy (non-hydrogen) atoms. The number of nitro groups is 2. The number of ether oxygens (including phenoxy) is 3. The third-order valence-electron chi connectivity index (χ3n) is 6.23. The summed E-state index contributed by atoms with van der Waals surface area (Å²) in [5, 5.41) is 25.4. The van der Waals surface area contributed by atoms with Gasteiger partial charge in [-0.2, -0.15) is 48.3 Å². The standard InChI is InChI=1S/C28H17F11N4O9/c29-21(25(31,32)26(33,34)27(35,36)28(37,38)39)22(30)52-20-10-16(40-23(44)50-12-14-1-5-18(6-2-14)42(46)47)9-17(11-20)41-24(45)51-13-15-3-7-19(8-4-15)43(48)49/h1-11H,12-13H2,(H,40,44)(H,41,45). The van der Waals surface area contributed by atoms with Gasteiger partial charge in [0.1, 0.15) is 19.0 Å². The molecule has 0 saturated heterocycles. The quantitative estimate of drug-likeness (QED) is 0.0746. The van der Waals surface area contributed by atoms with Gasteiger partial charge < -0.3 is 14.2 Å². The first-order chi connectivity index (χ1) is 24.0. The summed E-state index contributed by atoms with van der Waals surface area (Å²) in [4.78, 5) is 44.8. The Morgan fingerprint density at radius 1 is 0.635 bits per heavy atom. The predicted octanol–water partition coefficient (Wildman–Crippen LogP) is 8.96. The molecule has 0 aliphatic rings. The zero-order chi connectivity index (χ0) is 39.2. The van der Waals surface area contributed by atoms with Crippen LogP contribution in [0.15, 0.2) is 78.6 Å². The summed E-state index contributed by atoms with van der Waals surface area (Å²) in [5.74, 6) is -27.8. The molecule has 0 aromatic heterocycles. The second-order valence-electron chi connectivity index (χ2n) is 9.91. The molecule has 0 fully saturated rings. The van der Waals surface area contributed by atoms with Gasteiger partial charge >= 0.3 is 42.1 Å². The highest BCUT2D eigenvalue weighted by Gasteiger charge is 2.83. The van der Waals surface area contributed by atoms with Gasteiger partial charge in [-0.25, -0.2) is 9.59 Å². The fourth-order valence-corrected chi connectivity index (χ4v) is 3.62. The Bertz CT molecular complexity index is 1760. The predicted molar refractivity (Wildman–Crippen MR) is 151 cm³/mol. The second kappa shape index (κ2) is 15.3. The third-order valence-corrected chi connectivity index (χ3v) is 6.23. The summed E-state index contributed by atoms with van der Waals surface area (Å²) in [6.45, 7) is -1.09. The number of amides is 2. The largest absolute Gasteiger partial charge is 0.460 e. The fourth-order valence-electron chi connectivity index (χ4n) is 3.62. The molecule has 2 amide bonds. The van der Waals surface area contributed by atoms with Gasteiger partial charge in [0.2, 0.25) is 5.83 Å². The lowest BCUT2D eigenvalue weighted by molar-refractivity contribution is -0.392. The molecule has 13 nitrogen and oxygen atoms in total. The summed E-state index contributed by atoms with van der Waals surface area (Å²) < 4.78 is 161. The average molecular weight is 762 g/mol. The van der Waals surface area contributed by atoms with E-state index in [2.05, 4.69) is 4.74 Å². The Morgan fingerprint density at radius 2 is 1.02 bits per heavy atom. The van der Waals surface area contributed by atoms with E-state index in [0.717, 1.165) is 30.3 Å². The van der Waals surface area contributed by atoms with Gasteiger partial charge in [0.05, 0.1) is 9.85 Å². The zero-order valence-corrected chi connectivity index (χ0v) is 25.0. The first-order valence-corrected chi connectivity index (χ1v) is 13.4. The van der Waals surface area contributed by atoms with E-state index in [-0.39, 0.29) is 22.5 Å². The molecular weight excluding hydrogens is 745 g/mol. The number of carbonyl (C=O) groups is 2. The van der Waals surface area contributed by atoms with Gasteiger partial charge in [-0.15, -0.1) is 0 Å². The van der Waals surface area contributed by atoms with Crippen molar-refractivity contribution in [2.75, 3.05) is 10.6 Å². The molecule has 24 heteroatoms. The third kappa shape index (κ3) is 9.30. The number of nitrogens with one attached hydrogen (secondary N) is 2. The minimum absolute atomic E-state index is 0.201. The van der Waals surface area contributed by atoms with E-state index in [1.54, 1.807) is 0 Å². The Balaban J connectivity index is 1.88. The summed E-state index contributed by atoms with van der Waals surface area (Å²) in [6.07, 6.45) is -10.1. The topological polar surface area (TPSA) is 172 Å². The van der Waals surface area contributed by atoms with E-state index < -0.39 is 88.2 Å². The molecule has 0 heterocycles. The van der Waals surface area contributed by atoms with Crippen molar-refractivity contribution in [1.82, 2.24) is 0 Å². The number of allylic oxidation sites excluding steroid dienone is 1. The van der Waals surface area contributed by atoms with Crippen LogP contribution in [0.25, 0.3) is 0 Å². The highest BCUT2D eigenvalue weighted by Crippen LogP contribution is 2.55. The number of non-ortho nitro benzene ring substituents is 2. The Kier molecular flexibility index (Phi) is 11.9. The summed E-state index contributed by atoms with van der Waals surface area (Å²) in [7, 11) is 0. The molecule has 3 aromatic rings. The fraction of sp³-hybridized carbons (Fsp3) is 0.214. The number of nitrogens with zero attached hydrogens (tertiary/aromatic N) is 2. The lowest BCUT2D eigenvalue weighted by atomic mass is 10.0. The van der Waals surface area contributed by atoms with E-state index in [1.165, 1.54) is 24.3 Å². The van der Waals surface area contributed by atoms with Gasteiger partial charge in [-0.1, -0.05) is 0 Å². The molecule has 2 N–H and O–H groups in total. The minimum atomic E-state index is -7.60. The molecule has 3 rings (SSSR count). The van der Waals surface area contributed by atoms with Crippen LogP contribution in [0, 0.1) is 20.2 Å². The van der Waals surface area contributed by atoms with Gasteiger partial charge in [0.25, 0.3) is 11.4 Å². The Morgan fingerprint density at radius 3 is 1.37 bits per heavy atom. The zero-order valence-electron chi connectivity index (χ0n) is 25.0. The van der Waals surface area contributed by atoms with E-state index in [9.17, 15) is 78.1 Å². The molecule has 280 valence electrons. The van der Waals surface area contributed by atoms with Crippen molar-refractivity contribution in [1.29, 1.82) is 0 Å². The second-order valence-corrected chi connectivity index (χ2v) is 9.91. The van der Waals surface area contributed by atoms with Crippen LogP contribution in [0.4, 0.5) is 80.6 Å². The van der Waals surface area contributed by atoms with Crippen LogP contribution >= 0.6 is 0 Å². The van der Waals surface area contributed by atoms with Crippen LogP contribution in [-0.4, -0.2) is 46.0 Å². The van der Waals surface area contributed by atoms with Crippen LogP contribution in [0.1, 0.15) is 11.1 Å². The van der Waals surface area contributed by atoms with E-state index in [1.807, 2.05) is 10.6 Å². The number of halogens is 11. The van der Waals surface area contributed by atoms with Crippen LogP contribution in [0.5, 0.6) is 5.75 Å². The highest BCUT2D eigenvalue weighted by atomic mass is 19.4. The summed E-state index contributed by atoms with van der Waals surface area (Å²) in [5.41, 5.74) is -1.52. The average Bonchev–Trinajstić information content (AvgIpc) is 3.05. The van der Waals surface area contributed by atoms with Crippen LogP contribution < -0.4 is 15.4 Å². The number of benzene rings is 3. The number of nitro benzene ring substituents is 2. The van der Waals surface area contributed by atoms with Crippen molar-refractivity contribution in [3.05, 3.63) is 110 Å². The van der Waals surface area contributed by atoms with Crippen molar-refractivity contribution in [3.63, 3.8) is 0 Å². The normalized spacial score (nSPS) is 12.7. The number of anilines is 2. The molecule has 0 aliphatic heterocycles. The van der Waals surface area contributed by atoms with Crippen molar-refractivity contribution >= 4 is 34.9 Å². The van der Waals surface area contributed by atoms with Crippen molar-refractivity contribution in [3.8, 4) is 5.75 Å². The van der Waals surface area contributed by atoms with Crippen molar-refractivity contribution < 1.29 is 81.9 Å². The highest BCUT2D eigenvalue weighted by molar-refractivity contribution is 5.89. The number of hydrogen-bond donors (Lipinski definition) is 2. The lowest BCUT2D eigenvalue weighted by Gasteiger charge is -2.32. The van der Waals surface area contributed by atoms with Gasteiger partial charge in [0, 0.05) is 47.8 Å². The molecule has 0 saturated carbocycles. The molecule has 0 spiro atoms. The van der Waals surface area contributed by atoms with Crippen LogP contribution in [-0.2, 0) is 22.7 Å². The maximum Gasteiger partial charge on any atom is 0.460 e. The SMILES string of the molecule is O=C(Nc1cc(NC(=O)OCc2ccc([N+](=O)[O-])cc2)cc(OC(F)=C(F)C(F)(F)C(F)(F)C(F)(F)C(F)(F)F)c1)OCc1ccc([N+](=O)[O-])cc1. The monoisotopic (exact) mass is 762 g/mol. The van der Waals surface area contributed by atoms with Crippen LogP contribution in [0.3, 0.4) is 0 Å². The van der Waals surface area contributed by atoms with Gasteiger partial charge in [-0.3, -0.25) is 30.9 Å². The van der Waals surface area contributed by atoms with E-state index in [4.69, 9.17) is 9.47 Å². The van der Waals surface area contributed by atoms with E-state index in [0.29, 0.717) is 12.1 Å². The number of carbonyl (C=O) groups excluding carboxylic acids is 2. The van der Waals surface area contributed by atoms with Crippen molar-refractivity contribution in [2.24, 2.45) is 0 Å². The Labute approximate surface area is 280 Å². The molecule has 0 atom stereocenters. The van der Waals surface area contributed by atoms with E-state index >= 15 is 0 Å². The van der Waals surface area contributed by atoms with Gasteiger partial charge in [-0.05, 0) is 41.5 Å². The number of alkyl halides is 9. The smallest absolute Gasteiger partial charge is 0.444 e. The van der Waals surface area contributed by atoms with Crippen LogP contribution in [0.2, 0.25) is 0 Å². The lowest BCUT2D eigenvalue weighted by Crippen LogP contribution is -2.61. The van der Waals surface area contributed by atoms with Gasteiger partial charge in [0.15, 0.2) is 0 Å². The molecule has 3 aromatic carbocycles. The number of rotatable bonds is 13. The molecule has 0 bridgehead atoms. The maximum absolute atomic E-state index is 14.4. The minimum Gasteiger partial charge on any atom is -0.444 e. The summed E-state index contributed by atoms with van der Waals surface area (Å²) in [6, 6.07) is 7.18. The molecule has 0 aliphatic carbocycles. The molecule has 0 radical (unpaired) electrons. The molecular formula is C28H17F11N4O9. The Hall–Kier alpha value is -6.23. The summed E-state index contributed by atoms with van der Waals surface area (Å²) >= 11 is 0. The number of hydrogen-bond acceptors (Lipinski definition) is 9. The maximum atomic E-state index is 14.4. The first kappa shape index (κ1) is 40.2.